The molecule has 0 aromatic heterocycles. The smallest absolute Gasteiger partial charge is 0.374 e. The molecule has 0 fully saturated rings. The number of hydrogen-bond donors (Lipinski definition) is 2. The lowest BCUT2D eigenvalue weighted by atomic mass is 10.2. The SMILES string of the molecule is CCCCC(=O)C(=O)OCC(O)CO. The summed E-state index contributed by atoms with van der Waals surface area (Å²) in [6.07, 6.45) is 0.539. The molecule has 0 aromatic rings. The number of carbonyl (C=O) groups excluding carboxylic acids is 2. The van der Waals surface area contributed by atoms with Crippen LogP contribution in [-0.4, -0.2) is 41.3 Å². The van der Waals surface area contributed by atoms with Gasteiger partial charge in [-0.2, -0.15) is 0 Å². The fraction of sp³-hybridized carbons (Fsp3) is 0.778. The van der Waals surface area contributed by atoms with Gasteiger partial charge in [-0.1, -0.05) is 13.3 Å². The van der Waals surface area contributed by atoms with Gasteiger partial charge in [0.25, 0.3) is 0 Å². The van der Waals surface area contributed by atoms with Crippen molar-refractivity contribution in [2.24, 2.45) is 0 Å². The summed E-state index contributed by atoms with van der Waals surface area (Å²) >= 11 is 0. The van der Waals surface area contributed by atoms with Gasteiger partial charge in [0.05, 0.1) is 6.61 Å². The first-order valence-corrected chi connectivity index (χ1v) is 4.60. The molecule has 5 heteroatoms. The lowest BCUT2D eigenvalue weighted by molar-refractivity contribution is -0.156. The summed E-state index contributed by atoms with van der Waals surface area (Å²) in [5, 5.41) is 17.2. The molecule has 5 nitrogen and oxygen atoms in total. The van der Waals surface area contributed by atoms with Gasteiger partial charge in [-0.05, 0) is 6.42 Å². The zero-order valence-electron chi connectivity index (χ0n) is 8.23. The Kier molecular flexibility index (Phi) is 6.96. The number of ketones is 1. The van der Waals surface area contributed by atoms with Gasteiger partial charge in [-0.3, -0.25) is 4.79 Å². The van der Waals surface area contributed by atoms with Crippen molar-refractivity contribution in [2.45, 2.75) is 32.3 Å². The van der Waals surface area contributed by atoms with E-state index in [0.717, 1.165) is 6.42 Å². The van der Waals surface area contributed by atoms with Crippen LogP contribution in [0.5, 0.6) is 0 Å². The largest absolute Gasteiger partial charge is 0.457 e. The number of Topliss-reactive ketones (excluding diaryl/α,β-unsaturated/α-hetero) is 1. The second-order valence-corrected chi connectivity index (χ2v) is 2.96. The summed E-state index contributed by atoms with van der Waals surface area (Å²) in [4.78, 5) is 21.9. The Morgan fingerprint density at radius 3 is 2.57 bits per heavy atom. The van der Waals surface area contributed by atoms with Crippen LogP contribution in [0.2, 0.25) is 0 Å². The maximum Gasteiger partial charge on any atom is 0.374 e. The first-order chi connectivity index (χ1) is 6.61. The molecule has 0 aromatic carbocycles. The topological polar surface area (TPSA) is 83.8 Å². The van der Waals surface area contributed by atoms with Crippen LogP contribution in [0.1, 0.15) is 26.2 Å². The van der Waals surface area contributed by atoms with E-state index in [1.165, 1.54) is 0 Å². The number of rotatable bonds is 7. The number of unbranched alkanes of at least 4 members (excludes halogenated alkanes) is 1. The van der Waals surface area contributed by atoms with E-state index in [0.29, 0.717) is 6.42 Å². The Bertz CT molecular complexity index is 190. The summed E-state index contributed by atoms with van der Waals surface area (Å²) in [6.45, 7) is 1.08. The minimum atomic E-state index is -1.11. The quantitative estimate of drug-likeness (QED) is 0.437. The fourth-order valence-electron chi connectivity index (χ4n) is 0.744. The number of aliphatic hydroxyl groups is 2. The normalized spacial score (nSPS) is 12.2. The molecular formula is C9H16O5. The lowest BCUT2D eigenvalue weighted by Crippen LogP contribution is -2.25. The maximum absolute atomic E-state index is 11.0. The highest BCUT2D eigenvalue weighted by Crippen LogP contribution is 1.97. The fourth-order valence-corrected chi connectivity index (χ4v) is 0.744. The lowest BCUT2D eigenvalue weighted by Gasteiger charge is -2.07. The van der Waals surface area contributed by atoms with Crippen molar-refractivity contribution in [3.05, 3.63) is 0 Å². The third kappa shape index (κ3) is 5.66. The van der Waals surface area contributed by atoms with Crippen LogP contribution < -0.4 is 0 Å². The van der Waals surface area contributed by atoms with Crippen molar-refractivity contribution in [1.82, 2.24) is 0 Å². The molecule has 0 rings (SSSR count). The molecule has 0 amide bonds. The third-order valence-corrected chi connectivity index (χ3v) is 1.60. The predicted molar refractivity (Wildman–Crippen MR) is 48.6 cm³/mol. The van der Waals surface area contributed by atoms with E-state index in [2.05, 4.69) is 4.74 Å². The van der Waals surface area contributed by atoms with Crippen molar-refractivity contribution in [3.8, 4) is 0 Å². The Labute approximate surface area is 82.7 Å². The molecule has 0 saturated heterocycles. The van der Waals surface area contributed by atoms with E-state index >= 15 is 0 Å². The third-order valence-electron chi connectivity index (χ3n) is 1.60. The van der Waals surface area contributed by atoms with Gasteiger partial charge in [0.2, 0.25) is 5.78 Å². The summed E-state index contributed by atoms with van der Waals surface area (Å²) < 4.78 is 4.46. The molecule has 14 heavy (non-hydrogen) atoms. The highest BCUT2D eigenvalue weighted by Gasteiger charge is 2.15. The monoisotopic (exact) mass is 204 g/mol. The van der Waals surface area contributed by atoms with E-state index in [1.807, 2.05) is 6.92 Å². The minimum absolute atomic E-state index is 0.171. The van der Waals surface area contributed by atoms with Crippen LogP contribution in [0.4, 0.5) is 0 Å². The molecule has 0 spiro atoms. The molecule has 0 saturated carbocycles. The predicted octanol–water partition coefficient (Wildman–Crippen LogP) is -0.358. The number of ether oxygens (including phenoxy) is 1. The molecule has 0 aliphatic carbocycles. The zero-order chi connectivity index (χ0) is 11.0. The second kappa shape index (κ2) is 7.46. The van der Waals surface area contributed by atoms with Crippen molar-refractivity contribution in [3.63, 3.8) is 0 Å². The van der Waals surface area contributed by atoms with Gasteiger partial charge in [0.1, 0.15) is 12.7 Å². The van der Waals surface area contributed by atoms with Crippen LogP contribution in [0.15, 0.2) is 0 Å². The summed E-state index contributed by atoms with van der Waals surface area (Å²) in [6, 6.07) is 0. The average Bonchev–Trinajstić information content (AvgIpc) is 2.21. The Morgan fingerprint density at radius 2 is 2.07 bits per heavy atom. The van der Waals surface area contributed by atoms with Crippen molar-refractivity contribution in [1.29, 1.82) is 0 Å². The van der Waals surface area contributed by atoms with E-state index in [9.17, 15) is 9.59 Å². The van der Waals surface area contributed by atoms with Crippen molar-refractivity contribution in [2.75, 3.05) is 13.2 Å². The first kappa shape index (κ1) is 13.1. The maximum atomic E-state index is 11.0. The number of carbonyl (C=O) groups is 2. The number of esters is 1. The van der Waals surface area contributed by atoms with Crippen molar-refractivity contribution < 1.29 is 24.5 Å². The Balaban J connectivity index is 3.67. The molecule has 2 N–H and O–H groups in total. The molecule has 0 aliphatic heterocycles. The second-order valence-electron chi connectivity index (χ2n) is 2.96. The van der Waals surface area contributed by atoms with Crippen LogP contribution >= 0.6 is 0 Å². The molecule has 0 heterocycles. The highest BCUT2D eigenvalue weighted by molar-refractivity contribution is 6.33. The van der Waals surface area contributed by atoms with E-state index in [4.69, 9.17) is 10.2 Å². The standard InChI is InChI=1S/C9H16O5/c1-2-3-4-8(12)9(13)14-6-7(11)5-10/h7,10-11H,2-6H2,1H3. The summed E-state index contributed by atoms with van der Waals surface area (Å²) in [5.74, 6) is -1.53. The van der Waals surface area contributed by atoms with Gasteiger partial charge < -0.3 is 14.9 Å². The van der Waals surface area contributed by atoms with E-state index < -0.39 is 24.5 Å². The van der Waals surface area contributed by atoms with Crippen LogP contribution in [0.3, 0.4) is 0 Å². The van der Waals surface area contributed by atoms with E-state index in [-0.39, 0.29) is 13.0 Å². The van der Waals surface area contributed by atoms with Crippen molar-refractivity contribution >= 4 is 11.8 Å². The minimum Gasteiger partial charge on any atom is -0.457 e. The van der Waals surface area contributed by atoms with Gasteiger partial charge in [-0.15, -0.1) is 0 Å². The molecular weight excluding hydrogens is 188 g/mol. The molecule has 1 atom stereocenters. The van der Waals surface area contributed by atoms with Gasteiger partial charge in [0, 0.05) is 6.42 Å². The number of aliphatic hydroxyl groups excluding tert-OH is 2. The Morgan fingerprint density at radius 1 is 1.43 bits per heavy atom. The average molecular weight is 204 g/mol. The molecule has 82 valence electrons. The van der Waals surface area contributed by atoms with Gasteiger partial charge >= 0.3 is 5.97 Å². The van der Waals surface area contributed by atoms with Crippen LogP contribution in [-0.2, 0) is 14.3 Å². The zero-order valence-corrected chi connectivity index (χ0v) is 8.23. The van der Waals surface area contributed by atoms with Gasteiger partial charge in [0.15, 0.2) is 0 Å². The van der Waals surface area contributed by atoms with Crippen LogP contribution in [0, 0.1) is 0 Å². The van der Waals surface area contributed by atoms with Gasteiger partial charge in [-0.25, -0.2) is 4.79 Å². The molecule has 0 radical (unpaired) electrons. The van der Waals surface area contributed by atoms with E-state index in [1.54, 1.807) is 0 Å². The highest BCUT2D eigenvalue weighted by atomic mass is 16.5. The number of hydrogen-bond acceptors (Lipinski definition) is 5. The molecule has 0 bridgehead atoms. The Hall–Kier alpha value is -0.940. The first-order valence-electron chi connectivity index (χ1n) is 4.60. The molecule has 1 unspecified atom stereocenters. The summed E-state index contributed by atoms with van der Waals surface area (Å²) in [5.41, 5.74) is 0. The molecule has 0 aliphatic rings. The summed E-state index contributed by atoms with van der Waals surface area (Å²) in [7, 11) is 0. The van der Waals surface area contributed by atoms with Crippen LogP contribution in [0.25, 0.3) is 0 Å².